The van der Waals surface area contributed by atoms with E-state index in [4.69, 9.17) is 9.97 Å². The van der Waals surface area contributed by atoms with Crippen molar-refractivity contribution in [3.63, 3.8) is 0 Å². The van der Waals surface area contributed by atoms with Crippen LogP contribution in [0.4, 0.5) is 5.82 Å². The lowest BCUT2D eigenvalue weighted by Gasteiger charge is -2.34. The molecule has 0 atom stereocenters. The Labute approximate surface area is 191 Å². The summed E-state index contributed by atoms with van der Waals surface area (Å²) in [6.45, 7) is 1.97. The summed E-state index contributed by atoms with van der Waals surface area (Å²) in [5.74, 6) is 1.56. The average Bonchev–Trinajstić information content (AvgIpc) is 3.38. The second-order valence-corrected chi connectivity index (χ2v) is 10.3. The topological polar surface area (TPSA) is 66.4 Å². The molecule has 8 heteroatoms. The summed E-state index contributed by atoms with van der Waals surface area (Å²) < 4.78 is 27.2. The number of benzene rings is 2. The van der Waals surface area contributed by atoms with Crippen molar-refractivity contribution in [3.05, 3.63) is 83.1 Å². The fraction of sp³-hybridized carbons (Fsp3) is 0.167. The van der Waals surface area contributed by atoms with Gasteiger partial charge >= 0.3 is 0 Å². The first-order valence-electron chi connectivity index (χ1n) is 10.4. The van der Waals surface area contributed by atoms with Crippen molar-refractivity contribution in [2.75, 3.05) is 31.1 Å². The van der Waals surface area contributed by atoms with E-state index in [1.54, 1.807) is 17.4 Å². The number of anilines is 1. The Hall–Kier alpha value is -3.07. The molecule has 0 radical (unpaired) electrons. The smallest absolute Gasteiger partial charge is 0.236 e. The molecule has 4 aromatic rings. The Balaban J connectivity index is 1.38. The van der Waals surface area contributed by atoms with Gasteiger partial charge < -0.3 is 4.90 Å². The highest BCUT2D eigenvalue weighted by molar-refractivity contribution is 7.92. The van der Waals surface area contributed by atoms with Crippen LogP contribution < -0.4 is 4.90 Å². The van der Waals surface area contributed by atoms with Crippen LogP contribution in [0.25, 0.3) is 27.7 Å². The molecule has 0 saturated carbocycles. The van der Waals surface area contributed by atoms with Crippen molar-refractivity contribution in [2.24, 2.45) is 0 Å². The van der Waals surface area contributed by atoms with Gasteiger partial charge in [-0.1, -0.05) is 48.5 Å². The van der Waals surface area contributed by atoms with Crippen LogP contribution in [0.1, 0.15) is 5.56 Å². The molecule has 1 fully saturated rings. The first-order chi connectivity index (χ1) is 15.6. The number of hydrogen-bond acceptors (Lipinski definition) is 6. The van der Waals surface area contributed by atoms with Crippen LogP contribution >= 0.6 is 11.3 Å². The van der Waals surface area contributed by atoms with Gasteiger partial charge in [-0.15, -0.1) is 11.3 Å². The van der Waals surface area contributed by atoms with Gasteiger partial charge in [-0.3, -0.25) is 0 Å². The molecule has 162 valence electrons. The van der Waals surface area contributed by atoms with Crippen LogP contribution in [0.2, 0.25) is 0 Å². The Kier molecular flexibility index (Phi) is 5.73. The first kappa shape index (κ1) is 20.8. The number of piperazine rings is 1. The van der Waals surface area contributed by atoms with E-state index >= 15 is 0 Å². The van der Waals surface area contributed by atoms with E-state index in [0.29, 0.717) is 32.0 Å². The number of aromatic nitrogens is 2. The molecule has 0 aliphatic carbocycles. The molecular formula is C24H22N4O2S2. The highest BCUT2D eigenvalue weighted by Gasteiger charge is 2.27. The van der Waals surface area contributed by atoms with Gasteiger partial charge in [0.05, 0.1) is 10.4 Å². The van der Waals surface area contributed by atoms with E-state index in [1.165, 1.54) is 9.71 Å². The minimum absolute atomic E-state index is 0.411. The highest BCUT2D eigenvalue weighted by Crippen LogP contribution is 2.30. The third kappa shape index (κ3) is 4.29. The van der Waals surface area contributed by atoms with Crippen LogP contribution in [-0.2, 0) is 10.0 Å². The van der Waals surface area contributed by atoms with Crippen LogP contribution in [0.5, 0.6) is 0 Å². The third-order valence-corrected chi connectivity index (χ3v) is 7.89. The fourth-order valence-corrected chi connectivity index (χ4v) is 5.62. The maximum absolute atomic E-state index is 12.8. The number of thiophene rings is 1. The predicted molar refractivity (Wildman–Crippen MR) is 131 cm³/mol. The minimum Gasteiger partial charge on any atom is -0.353 e. The number of fused-ring (bicyclic) bond motifs is 1. The molecule has 5 rings (SSSR count). The molecule has 0 amide bonds. The van der Waals surface area contributed by atoms with Crippen LogP contribution in [0.15, 0.2) is 77.5 Å². The number of nitrogens with zero attached hydrogens (tertiary/aromatic N) is 4. The maximum atomic E-state index is 12.8. The van der Waals surface area contributed by atoms with Gasteiger partial charge in [-0.2, -0.15) is 4.31 Å². The van der Waals surface area contributed by atoms with E-state index in [-0.39, 0.29) is 0 Å². The molecule has 1 aliphatic heterocycles. The second-order valence-electron chi connectivity index (χ2n) is 7.51. The van der Waals surface area contributed by atoms with Crippen molar-refractivity contribution in [1.29, 1.82) is 0 Å². The molecule has 1 aliphatic rings. The van der Waals surface area contributed by atoms with E-state index in [1.807, 2.05) is 72.1 Å². The molecule has 0 N–H and O–H groups in total. The lowest BCUT2D eigenvalue weighted by molar-refractivity contribution is 0.389. The Morgan fingerprint density at radius 3 is 2.34 bits per heavy atom. The monoisotopic (exact) mass is 462 g/mol. The van der Waals surface area contributed by atoms with Gasteiger partial charge in [-0.25, -0.2) is 18.4 Å². The van der Waals surface area contributed by atoms with Gasteiger partial charge in [0.1, 0.15) is 5.82 Å². The summed E-state index contributed by atoms with van der Waals surface area (Å²) in [4.78, 5) is 12.8. The molecule has 1 saturated heterocycles. The van der Waals surface area contributed by atoms with Gasteiger partial charge in [0, 0.05) is 37.0 Å². The summed E-state index contributed by atoms with van der Waals surface area (Å²) >= 11 is 1.61. The molecule has 6 nitrogen and oxygen atoms in total. The van der Waals surface area contributed by atoms with Crippen LogP contribution in [0.3, 0.4) is 0 Å². The van der Waals surface area contributed by atoms with Gasteiger partial charge in [0.25, 0.3) is 0 Å². The Morgan fingerprint density at radius 2 is 1.59 bits per heavy atom. The molecule has 3 heterocycles. The van der Waals surface area contributed by atoms with Crippen LogP contribution in [0, 0.1) is 0 Å². The molecule has 0 spiro atoms. The molecule has 32 heavy (non-hydrogen) atoms. The van der Waals surface area contributed by atoms with Gasteiger partial charge in [0.15, 0.2) is 5.82 Å². The largest absolute Gasteiger partial charge is 0.353 e. The summed E-state index contributed by atoms with van der Waals surface area (Å²) in [5.41, 5.74) is 1.75. The summed E-state index contributed by atoms with van der Waals surface area (Å²) in [6.07, 6.45) is 1.65. The Morgan fingerprint density at radius 1 is 0.844 bits per heavy atom. The van der Waals surface area contributed by atoms with Crippen molar-refractivity contribution in [3.8, 4) is 10.7 Å². The van der Waals surface area contributed by atoms with Crippen LogP contribution in [-0.4, -0.2) is 48.9 Å². The van der Waals surface area contributed by atoms with Crippen molar-refractivity contribution >= 4 is 44.2 Å². The predicted octanol–water partition coefficient (Wildman–Crippen LogP) is 4.48. The highest BCUT2D eigenvalue weighted by atomic mass is 32.2. The molecule has 2 aromatic heterocycles. The first-order valence-corrected chi connectivity index (χ1v) is 12.8. The standard InChI is InChI=1S/C24H22N4O2S2/c29-32(30,18-12-19-7-2-1-3-8-19)28-15-13-27(14-16-28)24-20-9-4-5-10-21(20)25-23(26-24)22-11-6-17-31-22/h1-12,17-18H,13-16H2. The van der Waals surface area contributed by atoms with E-state index in [2.05, 4.69) is 4.90 Å². The number of para-hydroxylation sites is 1. The number of sulfonamides is 1. The summed E-state index contributed by atoms with van der Waals surface area (Å²) in [7, 11) is -3.48. The fourth-order valence-electron chi connectivity index (χ4n) is 3.79. The molecule has 2 aromatic carbocycles. The zero-order chi connectivity index (χ0) is 22.0. The molecule has 0 bridgehead atoms. The van der Waals surface area contributed by atoms with Crippen molar-refractivity contribution in [2.45, 2.75) is 0 Å². The number of rotatable bonds is 5. The molecular weight excluding hydrogens is 440 g/mol. The van der Waals surface area contributed by atoms with Crippen molar-refractivity contribution in [1.82, 2.24) is 14.3 Å². The zero-order valence-corrected chi connectivity index (χ0v) is 19.0. The van der Waals surface area contributed by atoms with Crippen molar-refractivity contribution < 1.29 is 8.42 Å². The lowest BCUT2D eigenvalue weighted by atomic mass is 10.2. The lowest BCUT2D eigenvalue weighted by Crippen LogP contribution is -2.48. The SMILES string of the molecule is O=S(=O)(C=Cc1ccccc1)N1CCN(c2nc(-c3cccs3)nc3ccccc23)CC1. The van der Waals surface area contributed by atoms with Gasteiger partial charge in [-0.05, 0) is 35.2 Å². The second kappa shape index (κ2) is 8.82. The zero-order valence-electron chi connectivity index (χ0n) is 17.3. The quantitative estimate of drug-likeness (QED) is 0.437. The number of hydrogen-bond donors (Lipinski definition) is 0. The summed E-state index contributed by atoms with van der Waals surface area (Å²) in [6, 6.07) is 21.4. The van der Waals surface area contributed by atoms with E-state index < -0.39 is 10.0 Å². The summed E-state index contributed by atoms with van der Waals surface area (Å²) in [5, 5.41) is 4.29. The van der Waals surface area contributed by atoms with E-state index in [9.17, 15) is 8.42 Å². The molecule has 0 unspecified atom stereocenters. The normalized spacial score (nSPS) is 15.6. The Bertz CT molecular complexity index is 1350. The van der Waals surface area contributed by atoms with E-state index in [0.717, 1.165) is 27.2 Å². The third-order valence-electron chi connectivity index (χ3n) is 5.45. The average molecular weight is 463 g/mol. The van der Waals surface area contributed by atoms with Gasteiger partial charge in [0.2, 0.25) is 10.0 Å². The minimum atomic E-state index is -3.48. The maximum Gasteiger partial charge on any atom is 0.236 e.